The third kappa shape index (κ3) is 3.21. The molecular weight excluding hydrogens is 384 g/mol. The van der Waals surface area contributed by atoms with Gasteiger partial charge in [-0.25, -0.2) is 0 Å². The van der Waals surface area contributed by atoms with Crippen LogP contribution in [0.5, 0.6) is 0 Å². The van der Waals surface area contributed by atoms with Crippen LogP contribution in [0.3, 0.4) is 0 Å². The van der Waals surface area contributed by atoms with Gasteiger partial charge in [-0.05, 0) is 10.4 Å². The van der Waals surface area contributed by atoms with Gasteiger partial charge < -0.3 is 4.43 Å². The van der Waals surface area contributed by atoms with Crippen molar-refractivity contribution in [3.63, 3.8) is 0 Å². The molecule has 0 bridgehead atoms. The molecule has 4 aromatic carbocycles. The molecule has 4 rings (SSSR count). The van der Waals surface area contributed by atoms with E-state index in [1.807, 2.05) is 7.11 Å². The predicted molar refractivity (Wildman–Crippen MR) is 129 cm³/mol. The van der Waals surface area contributed by atoms with Gasteiger partial charge in [0.25, 0.3) is 0 Å². The van der Waals surface area contributed by atoms with E-state index in [-0.39, 0.29) is 0 Å². The Labute approximate surface area is 175 Å². The third-order valence-electron chi connectivity index (χ3n) is 6.07. The SMILES string of the molecule is CO[Si](c1ccccc1)(c1ccccc1)[Si](C)(c1ccccc1)c1ccccc1. The first-order valence-corrected chi connectivity index (χ1v) is 15.4. The lowest BCUT2D eigenvalue weighted by Gasteiger charge is -2.45. The van der Waals surface area contributed by atoms with Crippen LogP contribution in [0, 0.1) is 0 Å². The minimum Gasteiger partial charge on any atom is -0.413 e. The molecule has 29 heavy (non-hydrogen) atoms. The summed E-state index contributed by atoms with van der Waals surface area (Å²) in [7, 11) is -3.04. The highest BCUT2D eigenvalue weighted by Crippen LogP contribution is 2.22. The Morgan fingerprint density at radius 2 is 0.724 bits per heavy atom. The average Bonchev–Trinajstić information content (AvgIpc) is 2.82. The second kappa shape index (κ2) is 8.33. The molecule has 1 nitrogen and oxygen atoms in total. The molecule has 4 aromatic rings. The molecule has 0 radical (unpaired) electrons. The number of rotatable bonds is 6. The Hall–Kier alpha value is -2.73. The highest BCUT2D eigenvalue weighted by Gasteiger charge is 2.58. The van der Waals surface area contributed by atoms with E-state index in [0.717, 1.165) is 0 Å². The molecule has 0 spiro atoms. The standard InChI is InChI=1S/C26H26OSi2/c1-27-29(25-19-11-5-12-20-25,26-21-13-6-14-22-26)28(2,23-15-7-3-8-16-23)24-17-9-4-10-18-24/h3-22H,1-2H3. The zero-order valence-corrected chi connectivity index (χ0v) is 19.0. The second-order valence-corrected chi connectivity index (χ2v) is 18.9. The molecule has 0 aromatic heterocycles. The van der Waals surface area contributed by atoms with Crippen molar-refractivity contribution in [2.24, 2.45) is 0 Å². The van der Waals surface area contributed by atoms with Crippen molar-refractivity contribution in [2.45, 2.75) is 6.55 Å². The number of hydrogen-bond acceptors (Lipinski definition) is 1. The zero-order chi connectivity index (χ0) is 20.2. The lowest BCUT2D eigenvalue weighted by atomic mass is 10.4. The van der Waals surface area contributed by atoms with Crippen LogP contribution < -0.4 is 20.7 Å². The van der Waals surface area contributed by atoms with Crippen LogP contribution in [0.1, 0.15) is 0 Å². The van der Waals surface area contributed by atoms with Crippen molar-refractivity contribution < 1.29 is 4.43 Å². The van der Waals surface area contributed by atoms with Gasteiger partial charge >= 0.3 is 0 Å². The maximum Gasteiger partial charge on any atom is 0.250 e. The quantitative estimate of drug-likeness (QED) is 0.443. The average molecular weight is 411 g/mol. The van der Waals surface area contributed by atoms with E-state index in [1.54, 1.807) is 0 Å². The minimum absolute atomic E-state index is 1.33. The maximum atomic E-state index is 6.78. The Kier molecular flexibility index (Phi) is 5.63. The van der Waals surface area contributed by atoms with Gasteiger partial charge in [0.2, 0.25) is 7.83 Å². The highest BCUT2D eigenvalue weighted by atomic mass is 29.3. The summed E-state index contributed by atoms with van der Waals surface area (Å²) in [6.45, 7) is 2.49. The molecule has 0 unspecified atom stereocenters. The molecule has 0 saturated heterocycles. The predicted octanol–water partition coefficient (Wildman–Crippen LogP) is 3.36. The van der Waals surface area contributed by atoms with Crippen molar-refractivity contribution in [2.75, 3.05) is 7.11 Å². The Morgan fingerprint density at radius 3 is 1.00 bits per heavy atom. The van der Waals surface area contributed by atoms with Crippen molar-refractivity contribution in [3.8, 4) is 0 Å². The van der Waals surface area contributed by atoms with Gasteiger partial charge in [-0.1, -0.05) is 138 Å². The summed E-state index contributed by atoms with van der Waals surface area (Å²) < 4.78 is 6.78. The van der Waals surface area contributed by atoms with Gasteiger partial charge in [0, 0.05) is 7.11 Å². The van der Waals surface area contributed by atoms with Gasteiger partial charge in [-0.3, -0.25) is 0 Å². The Bertz CT molecular complexity index is 956. The van der Waals surface area contributed by atoms with E-state index in [4.69, 9.17) is 4.43 Å². The van der Waals surface area contributed by atoms with Gasteiger partial charge in [0.1, 0.15) is 7.59 Å². The lowest BCUT2D eigenvalue weighted by Crippen LogP contribution is -2.85. The topological polar surface area (TPSA) is 9.23 Å². The highest BCUT2D eigenvalue weighted by molar-refractivity contribution is 7.57. The molecular formula is C26H26OSi2. The van der Waals surface area contributed by atoms with Crippen LogP contribution in [0.15, 0.2) is 121 Å². The largest absolute Gasteiger partial charge is 0.413 e. The van der Waals surface area contributed by atoms with E-state index < -0.39 is 15.4 Å². The van der Waals surface area contributed by atoms with E-state index in [0.29, 0.717) is 0 Å². The van der Waals surface area contributed by atoms with E-state index in [9.17, 15) is 0 Å². The van der Waals surface area contributed by atoms with Crippen LogP contribution in [0.4, 0.5) is 0 Å². The van der Waals surface area contributed by atoms with Crippen LogP contribution in [-0.2, 0) is 4.43 Å². The van der Waals surface area contributed by atoms with Gasteiger partial charge in [-0.2, -0.15) is 0 Å². The van der Waals surface area contributed by atoms with Crippen LogP contribution >= 0.6 is 0 Å². The zero-order valence-electron chi connectivity index (χ0n) is 17.0. The first-order valence-electron chi connectivity index (χ1n) is 10.0. The molecule has 0 fully saturated rings. The summed E-state index contributed by atoms with van der Waals surface area (Å²) in [6, 6.07) is 43.8. The van der Waals surface area contributed by atoms with Crippen LogP contribution in [0.2, 0.25) is 6.55 Å². The molecule has 0 aliphatic heterocycles. The third-order valence-corrected chi connectivity index (χ3v) is 21.7. The lowest BCUT2D eigenvalue weighted by molar-refractivity contribution is 0.430. The summed E-state index contributed by atoms with van der Waals surface area (Å²) in [6.07, 6.45) is 0. The molecule has 3 heteroatoms. The van der Waals surface area contributed by atoms with Crippen molar-refractivity contribution in [3.05, 3.63) is 121 Å². The minimum atomic E-state index is -2.62. The van der Waals surface area contributed by atoms with Crippen molar-refractivity contribution >= 4 is 36.2 Å². The molecule has 0 atom stereocenters. The second-order valence-electron chi connectivity index (χ2n) is 7.47. The van der Waals surface area contributed by atoms with Crippen molar-refractivity contribution in [1.82, 2.24) is 0 Å². The number of benzene rings is 4. The van der Waals surface area contributed by atoms with Crippen LogP contribution in [0.25, 0.3) is 0 Å². The van der Waals surface area contributed by atoms with Gasteiger partial charge in [0.05, 0.1) is 0 Å². The van der Waals surface area contributed by atoms with E-state index in [2.05, 4.69) is 128 Å². The summed E-state index contributed by atoms with van der Waals surface area (Å²) in [5.74, 6) is 0. The van der Waals surface area contributed by atoms with E-state index in [1.165, 1.54) is 20.7 Å². The van der Waals surface area contributed by atoms with E-state index >= 15 is 0 Å². The molecule has 0 aliphatic carbocycles. The Balaban J connectivity index is 2.13. The molecule has 144 valence electrons. The van der Waals surface area contributed by atoms with Gasteiger partial charge in [0.15, 0.2) is 0 Å². The molecule has 0 aliphatic rings. The molecule has 0 N–H and O–H groups in total. The fraction of sp³-hybridized carbons (Fsp3) is 0.0769. The maximum absolute atomic E-state index is 6.78. The normalized spacial score (nSPS) is 11.9. The first kappa shape index (κ1) is 19.6. The van der Waals surface area contributed by atoms with Crippen molar-refractivity contribution in [1.29, 1.82) is 0 Å². The first-order chi connectivity index (χ1) is 14.2. The summed E-state index contributed by atoms with van der Waals surface area (Å²) in [4.78, 5) is 0. The van der Waals surface area contributed by atoms with Gasteiger partial charge in [-0.15, -0.1) is 0 Å². The fourth-order valence-electron chi connectivity index (χ4n) is 4.65. The number of hydrogen-bond donors (Lipinski definition) is 0. The monoisotopic (exact) mass is 410 g/mol. The fourth-order valence-corrected chi connectivity index (χ4v) is 20.3. The smallest absolute Gasteiger partial charge is 0.250 e. The molecule has 0 heterocycles. The Morgan fingerprint density at radius 1 is 0.448 bits per heavy atom. The summed E-state index contributed by atoms with van der Waals surface area (Å²) in [5, 5.41) is 5.48. The van der Waals surface area contributed by atoms with Crippen LogP contribution in [-0.4, -0.2) is 22.5 Å². The summed E-state index contributed by atoms with van der Waals surface area (Å²) >= 11 is 0. The molecule has 0 saturated carbocycles. The summed E-state index contributed by atoms with van der Waals surface area (Å²) in [5.41, 5.74) is 0. The molecule has 0 amide bonds.